The number of likely N-dealkylation sites (tertiary alicyclic amines) is 1. The monoisotopic (exact) mass is 330 g/mol. The third-order valence-electron chi connectivity index (χ3n) is 3.37. The Morgan fingerprint density at radius 2 is 2.11 bits per heavy atom. The van der Waals surface area contributed by atoms with Gasteiger partial charge in [-0.3, -0.25) is 0 Å². The number of benzene rings is 1. The fraction of sp³-hybridized carbons (Fsp3) is 0.571. The summed E-state index contributed by atoms with van der Waals surface area (Å²) in [6, 6.07) is 6.64. The number of hydrogen-bond donors (Lipinski definition) is 1. The van der Waals surface area contributed by atoms with Crippen molar-refractivity contribution < 1.29 is 0 Å². The Balaban J connectivity index is 1.77. The molecule has 2 nitrogen and oxygen atoms in total. The van der Waals surface area contributed by atoms with Crippen molar-refractivity contribution in [3.8, 4) is 0 Å². The SMILES string of the molecule is CC(CN1CCCC1)NCc1ccc(Br)c(Cl)c1. The van der Waals surface area contributed by atoms with Gasteiger partial charge in [-0.25, -0.2) is 0 Å². The highest BCUT2D eigenvalue weighted by Gasteiger charge is 2.14. The second kappa shape index (κ2) is 6.90. The molecule has 1 heterocycles. The van der Waals surface area contributed by atoms with Crippen LogP contribution >= 0.6 is 27.5 Å². The first-order valence-corrected chi connectivity index (χ1v) is 7.72. The molecule has 0 aliphatic carbocycles. The molecule has 1 fully saturated rings. The summed E-state index contributed by atoms with van der Waals surface area (Å²) >= 11 is 9.49. The minimum atomic E-state index is 0.519. The molecular formula is C14H20BrClN2. The molecule has 0 amide bonds. The van der Waals surface area contributed by atoms with Crippen molar-refractivity contribution in [2.75, 3.05) is 19.6 Å². The number of rotatable bonds is 5. The van der Waals surface area contributed by atoms with E-state index in [-0.39, 0.29) is 0 Å². The highest BCUT2D eigenvalue weighted by molar-refractivity contribution is 9.10. The molecule has 0 saturated carbocycles. The van der Waals surface area contributed by atoms with Crippen LogP contribution in [0.5, 0.6) is 0 Å². The summed E-state index contributed by atoms with van der Waals surface area (Å²) in [5.74, 6) is 0. The van der Waals surface area contributed by atoms with Crippen LogP contribution in [0.2, 0.25) is 5.02 Å². The van der Waals surface area contributed by atoms with Crippen LogP contribution in [-0.4, -0.2) is 30.6 Å². The van der Waals surface area contributed by atoms with Crippen molar-refractivity contribution in [1.82, 2.24) is 10.2 Å². The van der Waals surface area contributed by atoms with E-state index in [0.717, 1.165) is 22.6 Å². The standard InChI is InChI=1S/C14H20BrClN2/c1-11(10-18-6-2-3-7-18)17-9-12-4-5-13(15)14(16)8-12/h4-5,8,11,17H,2-3,6-7,9-10H2,1H3. The molecule has 1 atom stereocenters. The topological polar surface area (TPSA) is 15.3 Å². The van der Waals surface area contributed by atoms with Gasteiger partial charge < -0.3 is 10.2 Å². The molecule has 100 valence electrons. The van der Waals surface area contributed by atoms with E-state index in [9.17, 15) is 0 Å². The molecule has 0 aromatic heterocycles. The Morgan fingerprint density at radius 3 is 2.78 bits per heavy atom. The molecule has 2 rings (SSSR count). The van der Waals surface area contributed by atoms with E-state index in [2.05, 4.69) is 39.1 Å². The van der Waals surface area contributed by atoms with E-state index in [1.807, 2.05) is 12.1 Å². The molecule has 0 radical (unpaired) electrons. The van der Waals surface area contributed by atoms with Crippen LogP contribution in [0.1, 0.15) is 25.3 Å². The van der Waals surface area contributed by atoms with Crippen molar-refractivity contribution in [2.24, 2.45) is 0 Å². The Bertz CT molecular complexity index is 391. The molecule has 1 aromatic rings. The maximum Gasteiger partial charge on any atom is 0.0551 e. The third-order valence-corrected chi connectivity index (χ3v) is 4.60. The summed E-state index contributed by atoms with van der Waals surface area (Å²) in [5.41, 5.74) is 1.23. The summed E-state index contributed by atoms with van der Waals surface area (Å²) in [6.07, 6.45) is 2.71. The molecule has 1 aromatic carbocycles. The fourth-order valence-electron chi connectivity index (χ4n) is 2.36. The van der Waals surface area contributed by atoms with E-state index in [1.165, 1.54) is 31.5 Å². The normalized spacial score (nSPS) is 18.2. The molecule has 1 N–H and O–H groups in total. The lowest BCUT2D eigenvalue weighted by Crippen LogP contribution is -2.37. The Morgan fingerprint density at radius 1 is 1.39 bits per heavy atom. The van der Waals surface area contributed by atoms with Gasteiger partial charge in [0.15, 0.2) is 0 Å². The lowest BCUT2D eigenvalue weighted by Gasteiger charge is -2.21. The summed E-state index contributed by atoms with van der Waals surface area (Å²) in [7, 11) is 0. The van der Waals surface area contributed by atoms with Crippen LogP contribution in [0, 0.1) is 0 Å². The van der Waals surface area contributed by atoms with Crippen LogP contribution < -0.4 is 5.32 Å². The van der Waals surface area contributed by atoms with Gasteiger partial charge in [-0.15, -0.1) is 0 Å². The molecule has 0 spiro atoms. The van der Waals surface area contributed by atoms with Crippen LogP contribution in [0.25, 0.3) is 0 Å². The van der Waals surface area contributed by atoms with E-state index in [1.54, 1.807) is 0 Å². The van der Waals surface area contributed by atoms with Crippen molar-refractivity contribution in [3.05, 3.63) is 33.3 Å². The van der Waals surface area contributed by atoms with Gasteiger partial charge in [0, 0.05) is 23.6 Å². The van der Waals surface area contributed by atoms with E-state index in [0.29, 0.717) is 6.04 Å². The number of halogens is 2. The first-order chi connectivity index (χ1) is 8.65. The van der Waals surface area contributed by atoms with Crippen LogP contribution in [0.4, 0.5) is 0 Å². The highest BCUT2D eigenvalue weighted by Crippen LogP contribution is 2.23. The Hall–Kier alpha value is -0.0900. The lowest BCUT2D eigenvalue weighted by molar-refractivity contribution is 0.298. The molecule has 1 unspecified atom stereocenters. The van der Waals surface area contributed by atoms with Gasteiger partial charge in [-0.1, -0.05) is 17.7 Å². The molecule has 1 aliphatic heterocycles. The molecule has 1 saturated heterocycles. The lowest BCUT2D eigenvalue weighted by atomic mass is 10.2. The number of nitrogens with zero attached hydrogens (tertiary/aromatic N) is 1. The fourth-order valence-corrected chi connectivity index (χ4v) is 2.81. The van der Waals surface area contributed by atoms with Gasteiger partial charge in [0.2, 0.25) is 0 Å². The van der Waals surface area contributed by atoms with E-state index >= 15 is 0 Å². The van der Waals surface area contributed by atoms with Crippen LogP contribution in [0.15, 0.2) is 22.7 Å². The average Bonchev–Trinajstić information content (AvgIpc) is 2.83. The van der Waals surface area contributed by atoms with Gasteiger partial charge in [-0.2, -0.15) is 0 Å². The van der Waals surface area contributed by atoms with Gasteiger partial charge >= 0.3 is 0 Å². The van der Waals surface area contributed by atoms with Gasteiger partial charge in [0.05, 0.1) is 5.02 Å². The second-order valence-corrected chi connectivity index (χ2v) is 6.30. The van der Waals surface area contributed by atoms with Gasteiger partial charge in [0.1, 0.15) is 0 Å². The number of nitrogens with one attached hydrogen (secondary N) is 1. The predicted molar refractivity (Wildman–Crippen MR) is 81.1 cm³/mol. The Kier molecular flexibility index (Phi) is 5.49. The van der Waals surface area contributed by atoms with Crippen molar-refractivity contribution in [1.29, 1.82) is 0 Å². The van der Waals surface area contributed by atoms with Crippen molar-refractivity contribution >= 4 is 27.5 Å². The molecular weight excluding hydrogens is 312 g/mol. The smallest absolute Gasteiger partial charge is 0.0551 e. The third kappa shape index (κ3) is 4.23. The zero-order valence-electron chi connectivity index (χ0n) is 10.8. The van der Waals surface area contributed by atoms with Gasteiger partial charge in [0.25, 0.3) is 0 Å². The number of hydrogen-bond acceptors (Lipinski definition) is 2. The average molecular weight is 332 g/mol. The summed E-state index contributed by atoms with van der Waals surface area (Å²) in [5, 5.41) is 4.34. The molecule has 4 heteroatoms. The molecule has 1 aliphatic rings. The first-order valence-electron chi connectivity index (χ1n) is 6.55. The quantitative estimate of drug-likeness (QED) is 0.885. The van der Waals surface area contributed by atoms with Crippen molar-refractivity contribution in [2.45, 2.75) is 32.4 Å². The predicted octanol–water partition coefficient (Wildman–Crippen LogP) is 3.68. The van der Waals surface area contributed by atoms with E-state index < -0.39 is 0 Å². The Labute approximate surface area is 123 Å². The highest BCUT2D eigenvalue weighted by atomic mass is 79.9. The summed E-state index contributed by atoms with van der Waals surface area (Å²) < 4.78 is 0.957. The summed E-state index contributed by atoms with van der Waals surface area (Å²) in [4.78, 5) is 2.53. The zero-order chi connectivity index (χ0) is 13.0. The minimum absolute atomic E-state index is 0.519. The van der Waals surface area contributed by atoms with Crippen molar-refractivity contribution in [3.63, 3.8) is 0 Å². The molecule has 18 heavy (non-hydrogen) atoms. The largest absolute Gasteiger partial charge is 0.309 e. The molecule has 0 bridgehead atoms. The first kappa shape index (κ1) is 14.3. The van der Waals surface area contributed by atoms with Crippen LogP contribution in [0.3, 0.4) is 0 Å². The van der Waals surface area contributed by atoms with Crippen LogP contribution in [-0.2, 0) is 6.54 Å². The van der Waals surface area contributed by atoms with Gasteiger partial charge in [-0.05, 0) is 66.5 Å². The minimum Gasteiger partial charge on any atom is -0.309 e. The zero-order valence-corrected chi connectivity index (χ0v) is 13.1. The maximum absolute atomic E-state index is 6.08. The second-order valence-electron chi connectivity index (χ2n) is 5.04. The summed E-state index contributed by atoms with van der Waals surface area (Å²) in [6.45, 7) is 6.79. The van der Waals surface area contributed by atoms with E-state index in [4.69, 9.17) is 11.6 Å². The maximum atomic E-state index is 6.08.